The molecule has 0 aliphatic heterocycles. The first-order chi connectivity index (χ1) is 17.9. The standard InChI is InChI=1S/C31H38N2O4/c1-5-6-7-11-20-36-28-19-14-24(21-29(28)35-4)22-32-33-30(34)23-37-27-17-15-26(16-18-27)31(2,3)25-12-9-8-10-13-25/h8-10,12-19,21-22H,5-7,11,20,23H2,1-4H3,(H,33,34). The summed E-state index contributed by atoms with van der Waals surface area (Å²) in [4.78, 5) is 12.2. The van der Waals surface area contributed by atoms with Gasteiger partial charge in [0.25, 0.3) is 5.91 Å². The number of nitrogens with one attached hydrogen (secondary N) is 1. The van der Waals surface area contributed by atoms with Gasteiger partial charge in [0.2, 0.25) is 0 Å². The molecule has 0 saturated carbocycles. The summed E-state index contributed by atoms with van der Waals surface area (Å²) in [5.41, 5.74) is 5.56. The molecule has 0 unspecified atom stereocenters. The van der Waals surface area contributed by atoms with E-state index in [0.717, 1.165) is 18.4 Å². The Morgan fingerprint density at radius 2 is 1.62 bits per heavy atom. The van der Waals surface area contributed by atoms with E-state index in [4.69, 9.17) is 14.2 Å². The summed E-state index contributed by atoms with van der Waals surface area (Å²) in [5.74, 6) is 1.62. The van der Waals surface area contributed by atoms with Crippen LogP contribution < -0.4 is 19.6 Å². The third-order valence-electron chi connectivity index (χ3n) is 6.29. The number of hydrazone groups is 1. The van der Waals surface area contributed by atoms with Crippen LogP contribution in [0.25, 0.3) is 0 Å². The molecule has 0 saturated heterocycles. The van der Waals surface area contributed by atoms with Gasteiger partial charge in [0.15, 0.2) is 18.1 Å². The Labute approximate surface area is 220 Å². The zero-order valence-electron chi connectivity index (χ0n) is 22.3. The molecule has 1 N–H and O–H groups in total. The third-order valence-corrected chi connectivity index (χ3v) is 6.29. The number of benzene rings is 3. The number of carbonyl (C=O) groups is 1. The topological polar surface area (TPSA) is 69.2 Å². The van der Waals surface area contributed by atoms with Gasteiger partial charge in [0, 0.05) is 5.41 Å². The molecule has 0 aliphatic carbocycles. The zero-order chi connectivity index (χ0) is 26.5. The second-order valence-corrected chi connectivity index (χ2v) is 9.42. The summed E-state index contributed by atoms with van der Waals surface area (Å²) in [6.07, 6.45) is 6.15. The molecule has 0 atom stereocenters. The van der Waals surface area contributed by atoms with Crippen LogP contribution in [0.15, 0.2) is 77.9 Å². The van der Waals surface area contributed by atoms with Gasteiger partial charge in [0.1, 0.15) is 5.75 Å². The minimum atomic E-state index is -0.344. The van der Waals surface area contributed by atoms with E-state index in [-0.39, 0.29) is 17.9 Å². The number of rotatable bonds is 14. The molecule has 6 heteroatoms. The molecule has 196 valence electrons. The lowest BCUT2D eigenvalue weighted by Crippen LogP contribution is -2.24. The first-order valence-corrected chi connectivity index (χ1v) is 12.9. The highest BCUT2D eigenvalue weighted by molar-refractivity contribution is 5.83. The van der Waals surface area contributed by atoms with Gasteiger partial charge in [-0.2, -0.15) is 5.10 Å². The minimum absolute atomic E-state index is 0.131. The maximum absolute atomic E-state index is 12.2. The first-order valence-electron chi connectivity index (χ1n) is 12.9. The third kappa shape index (κ3) is 8.38. The largest absolute Gasteiger partial charge is 0.493 e. The summed E-state index contributed by atoms with van der Waals surface area (Å²) in [6, 6.07) is 23.8. The van der Waals surface area contributed by atoms with Crippen LogP contribution in [0.4, 0.5) is 0 Å². The van der Waals surface area contributed by atoms with Crippen molar-refractivity contribution in [2.45, 2.75) is 51.9 Å². The van der Waals surface area contributed by atoms with Crippen molar-refractivity contribution < 1.29 is 19.0 Å². The molecule has 6 nitrogen and oxygen atoms in total. The van der Waals surface area contributed by atoms with E-state index in [1.807, 2.05) is 60.7 Å². The summed E-state index contributed by atoms with van der Waals surface area (Å²) >= 11 is 0. The number of carbonyl (C=O) groups excluding carboxylic acids is 1. The van der Waals surface area contributed by atoms with E-state index in [9.17, 15) is 4.79 Å². The van der Waals surface area contributed by atoms with E-state index >= 15 is 0 Å². The van der Waals surface area contributed by atoms with E-state index in [2.05, 4.69) is 43.4 Å². The average molecular weight is 503 g/mol. The van der Waals surface area contributed by atoms with Crippen molar-refractivity contribution in [2.75, 3.05) is 20.3 Å². The van der Waals surface area contributed by atoms with Gasteiger partial charge in [-0.25, -0.2) is 5.43 Å². The van der Waals surface area contributed by atoms with Crippen molar-refractivity contribution in [2.24, 2.45) is 5.10 Å². The van der Waals surface area contributed by atoms with Crippen LogP contribution in [0.2, 0.25) is 0 Å². The van der Waals surface area contributed by atoms with Crippen LogP contribution in [0.1, 0.15) is 63.1 Å². The maximum atomic E-state index is 12.2. The molecule has 3 aromatic rings. The van der Waals surface area contributed by atoms with E-state index < -0.39 is 0 Å². The van der Waals surface area contributed by atoms with Gasteiger partial charge in [-0.05, 0) is 53.4 Å². The van der Waals surface area contributed by atoms with Crippen molar-refractivity contribution in [1.82, 2.24) is 5.43 Å². The second-order valence-electron chi connectivity index (χ2n) is 9.42. The molecule has 3 rings (SSSR count). The summed E-state index contributed by atoms with van der Waals surface area (Å²) < 4.78 is 16.9. The Morgan fingerprint density at radius 1 is 0.892 bits per heavy atom. The molecule has 0 bridgehead atoms. The Kier molecular flexibility index (Phi) is 10.6. The van der Waals surface area contributed by atoms with Gasteiger partial charge < -0.3 is 14.2 Å². The quantitative estimate of drug-likeness (QED) is 0.155. The Hall–Kier alpha value is -3.80. The monoisotopic (exact) mass is 502 g/mol. The van der Waals surface area contributed by atoms with Gasteiger partial charge in [-0.1, -0.05) is 82.5 Å². The summed E-state index contributed by atoms with van der Waals surface area (Å²) in [7, 11) is 1.61. The average Bonchev–Trinajstić information content (AvgIpc) is 2.93. The van der Waals surface area contributed by atoms with Crippen LogP contribution in [0, 0.1) is 0 Å². The number of ether oxygens (including phenoxy) is 3. The van der Waals surface area contributed by atoms with E-state index in [0.29, 0.717) is 23.9 Å². The lowest BCUT2D eigenvalue weighted by atomic mass is 9.78. The molecule has 0 fully saturated rings. The number of unbranched alkanes of at least 4 members (excludes halogenated alkanes) is 3. The molecule has 0 heterocycles. The van der Waals surface area contributed by atoms with Crippen LogP contribution in [-0.4, -0.2) is 32.4 Å². The summed E-state index contributed by atoms with van der Waals surface area (Å²) in [6.45, 7) is 7.09. The highest BCUT2D eigenvalue weighted by Crippen LogP contribution is 2.32. The van der Waals surface area contributed by atoms with Crippen LogP contribution >= 0.6 is 0 Å². The second kappa shape index (κ2) is 14.1. The molecule has 0 aromatic heterocycles. The highest BCUT2D eigenvalue weighted by atomic mass is 16.5. The molecule has 0 radical (unpaired) electrons. The maximum Gasteiger partial charge on any atom is 0.277 e. The van der Waals surface area contributed by atoms with Crippen LogP contribution in [-0.2, 0) is 10.2 Å². The van der Waals surface area contributed by atoms with E-state index in [1.165, 1.54) is 24.0 Å². The number of nitrogens with zero attached hydrogens (tertiary/aromatic N) is 1. The molecule has 1 amide bonds. The summed E-state index contributed by atoms with van der Waals surface area (Å²) in [5, 5.41) is 4.03. The normalized spacial score (nSPS) is 11.4. The van der Waals surface area contributed by atoms with Gasteiger partial charge in [-0.3, -0.25) is 4.79 Å². The molecular formula is C31H38N2O4. The number of hydrogen-bond acceptors (Lipinski definition) is 5. The lowest BCUT2D eigenvalue weighted by molar-refractivity contribution is -0.123. The molecule has 3 aromatic carbocycles. The van der Waals surface area contributed by atoms with Gasteiger partial charge in [0.05, 0.1) is 19.9 Å². The van der Waals surface area contributed by atoms with Crippen molar-refractivity contribution in [3.8, 4) is 17.2 Å². The molecular weight excluding hydrogens is 464 g/mol. The number of methoxy groups -OCH3 is 1. The number of amides is 1. The molecule has 37 heavy (non-hydrogen) atoms. The first kappa shape index (κ1) is 27.8. The lowest BCUT2D eigenvalue weighted by Gasteiger charge is -2.26. The van der Waals surface area contributed by atoms with Gasteiger partial charge in [-0.15, -0.1) is 0 Å². The number of hydrogen-bond donors (Lipinski definition) is 1. The predicted octanol–water partition coefficient (Wildman–Crippen LogP) is 6.51. The molecule has 0 aliphatic rings. The van der Waals surface area contributed by atoms with E-state index in [1.54, 1.807) is 13.3 Å². The SMILES string of the molecule is CCCCCCOc1ccc(C=NNC(=O)COc2ccc(C(C)(C)c3ccccc3)cc2)cc1OC. The Bertz CT molecular complexity index is 1140. The fraction of sp³-hybridized carbons (Fsp3) is 0.355. The smallest absolute Gasteiger partial charge is 0.277 e. The zero-order valence-corrected chi connectivity index (χ0v) is 22.3. The Balaban J connectivity index is 1.47. The van der Waals surface area contributed by atoms with Crippen molar-refractivity contribution >= 4 is 12.1 Å². The highest BCUT2D eigenvalue weighted by Gasteiger charge is 2.22. The fourth-order valence-corrected chi connectivity index (χ4v) is 3.94. The minimum Gasteiger partial charge on any atom is -0.493 e. The Morgan fingerprint density at radius 3 is 2.32 bits per heavy atom. The van der Waals surface area contributed by atoms with Crippen molar-refractivity contribution in [3.05, 3.63) is 89.5 Å². The predicted molar refractivity (Wildman–Crippen MR) is 149 cm³/mol. The van der Waals surface area contributed by atoms with Crippen LogP contribution in [0.3, 0.4) is 0 Å². The molecule has 0 spiro atoms. The van der Waals surface area contributed by atoms with Gasteiger partial charge >= 0.3 is 0 Å². The fourth-order valence-electron chi connectivity index (χ4n) is 3.94. The van der Waals surface area contributed by atoms with Crippen LogP contribution in [0.5, 0.6) is 17.2 Å². The van der Waals surface area contributed by atoms with Crippen molar-refractivity contribution in [3.63, 3.8) is 0 Å². The van der Waals surface area contributed by atoms with Crippen molar-refractivity contribution in [1.29, 1.82) is 0 Å².